The molecule has 2 amide bonds. The highest BCUT2D eigenvalue weighted by Crippen LogP contribution is 2.37. The summed E-state index contributed by atoms with van der Waals surface area (Å²) in [7, 11) is 0. The fraction of sp³-hybridized carbons (Fsp3) is 0.344. The minimum Gasteiger partial charge on any atom is -0.506 e. The third kappa shape index (κ3) is 6.42. The molecule has 0 atom stereocenters. The molecule has 0 bridgehead atoms. The second kappa shape index (κ2) is 12.1. The Hall–Kier alpha value is -4.21. The Morgan fingerprint density at radius 1 is 0.756 bits per heavy atom. The average Bonchev–Trinajstić information content (AvgIpc) is 3.68. The summed E-state index contributed by atoms with van der Waals surface area (Å²) in [6.07, 6.45) is 5.10. The zero-order valence-electron chi connectivity index (χ0n) is 23.2. The Balaban J connectivity index is 1.33. The van der Waals surface area contributed by atoms with E-state index in [1.54, 1.807) is 18.2 Å². The van der Waals surface area contributed by atoms with Crippen LogP contribution in [0.2, 0.25) is 0 Å². The van der Waals surface area contributed by atoms with E-state index in [1.807, 2.05) is 42.5 Å². The number of hydrogen-bond acceptors (Lipinski definition) is 7. The lowest BCUT2D eigenvalue weighted by atomic mass is 10.1. The van der Waals surface area contributed by atoms with E-state index in [0.717, 1.165) is 73.1 Å². The van der Waals surface area contributed by atoms with E-state index < -0.39 is 0 Å². The van der Waals surface area contributed by atoms with Gasteiger partial charge in [0.05, 0.1) is 29.0 Å². The van der Waals surface area contributed by atoms with Crippen LogP contribution in [0.4, 0.5) is 22.7 Å². The summed E-state index contributed by atoms with van der Waals surface area (Å²) in [5.74, 6) is 0.0457. The van der Waals surface area contributed by atoms with Gasteiger partial charge in [-0.1, -0.05) is 12.1 Å². The molecule has 0 unspecified atom stereocenters. The molecule has 2 fully saturated rings. The molecule has 2 aliphatic rings. The normalized spacial score (nSPS) is 15.9. The van der Waals surface area contributed by atoms with Crippen LogP contribution in [-0.4, -0.2) is 71.0 Å². The molecule has 4 aromatic rings. The smallest absolute Gasteiger partial charge is 0.238 e. The zero-order valence-corrected chi connectivity index (χ0v) is 23.2. The first kappa shape index (κ1) is 27.0. The number of aromatic nitrogens is 1. The summed E-state index contributed by atoms with van der Waals surface area (Å²) in [5, 5.41) is 21.6. The molecule has 4 N–H and O–H groups in total. The molecule has 9 nitrogen and oxygen atoms in total. The van der Waals surface area contributed by atoms with E-state index >= 15 is 0 Å². The van der Waals surface area contributed by atoms with Crippen molar-refractivity contribution in [1.82, 2.24) is 14.8 Å². The highest BCUT2D eigenvalue weighted by atomic mass is 16.3. The van der Waals surface area contributed by atoms with Crippen molar-refractivity contribution >= 4 is 56.4 Å². The monoisotopic (exact) mass is 552 g/mol. The van der Waals surface area contributed by atoms with Gasteiger partial charge >= 0.3 is 0 Å². The van der Waals surface area contributed by atoms with E-state index in [2.05, 4.69) is 25.8 Å². The molecule has 0 spiro atoms. The van der Waals surface area contributed by atoms with Crippen molar-refractivity contribution in [2.24, 2.45) is 0 Å². The molecule has 3 aromatic carbocycles. The Morgan fingerprint density at radius 3 is 1.98 bits per heavy atom. The van der Waals surface area contributed by atoms with Crippen molar-refractivity contribution in [3.63, 3.8) is 0 Å². The van der Waals surface area contributed by atoms with Crippen molar-refractivity contribution in [2.45, 2.75) is 32.1 Å². The second-order valence-corrected chi connectivity index (χ2v) is 11.0. The molecule has 212 valence electrons. The highest BCUT2D eigenvalue weighted by molar-refractivity contribution is 6.11. The van der Waals surface area contributed by atoms with Crippen LogP contribution < -0.4 is 16.0 Å². The van der Waals surface area contributed by atoms with Gasteiger partial charge in [0.15, 0.2) is 0 Å². The molecule has 0 aliphatic carbocycles. The molecular weight excluding hydrogens is 516 g/mol. The summed E-state index contributed by atoms with van der Waals surface area (Å²) in [4.78, 5) is 34.9. The predicted octanol–water partition coefficient (Wildman–Crippen LogP) is 5.30. The van der Waals surface area contributed by atoms with E-state index in [9.17, 15) is 14.7 Å². The highest BCUT2D eigenvalue weighted by Gasteiger charge is 2.18. The van der Waals surface area contributed by atoms with Crippen molar-refractivity contribution in [3.8, 4) is 5.75 Å². The largest absolute Gasteiger partial charge is 0.506 e. The second-order valence-electron chi connectivity index (χ2n) is 11.0. The van der Waals surface area contributed by atoms with Crippen LogP contribution in [-0.2, 0) is 9.59 Å². The number of fused-ring (bicyclic) bond motifs is 2. The fourth-order valence-corrected chi connectivity index (χ4v) is 5.78. The maximum atomic E-state index is 12.8. The number of hydrogen-bond donors (Lipinski definition) is 4. The van der Waals surface area contributed by atoms with Crippen LogP contribution in [0, 0.1) is 0 Å². The minimum absolute atomic E-state index is 0.0248. The van der Waals surface area contributed by atoms with E-state index in [-0.39, 0.29) is 17.6 Å². The maximum Gasteiger partial charge on any atom is 0.238 e. The van der Waals surface area contributed by atoms with Crippen LogP contribution in [0.3, 0.4) is 0 Å². The van der Waals surface area contributed by atoms with Crippen molar-refractivity contribution < 1.29 is 14.7 Å². The lowest BCUT2D eigenvalue weighted by molar-refractivity contribution is -0.117. The number of phenolic OH excluding ortho intramolecular Hbond substituents is 1. The Kier molecular flexibility index (Phi) is 7.98. The number of anilines is 4. The molecular formula is C32H36N6O3. The predicted molar refractivity (Wildman–Crippen MR) is 164 cm³/mol. The van der Waals surface area contributed by atoms with Crippen LogP contribution >= 0.6 is 0 Å². The van der Waals surface area contributed by atoms with Gasteiger partial charge in [-0.05, 0) is 100 Å². The Bertz CT molecular complexity index is 1580. The fourth-order valence-electron chi connectivity index (χ4n) is 5.78. The number of nitrogens with zero attached hydrogens (tertiary/aromatic N) is 3. The number of aromatic hydroxyl groups is 1. The molecule has 1 aromatic heterocycles. The topological polar surface area (TPSA) is 110 Å². The van der Waals surface area contributed by atoms with Gasteiger partial charge in [0.2, 0.25) is 11.8 Å². The van der Waals surface area contributed by atoms with Gasteiger partial charge in [0, 0.05) is 35.1 Å². The molecule has 41 heavy (non-hydrogen) atoms. The number of benzene rings is 3. The van der Waals surface area contributed by atoms with Gasteiger partial charge in [-0.2, -0.15) is 0 Å². The number of para-hydroxylation sites is 2. The summed E-state index contributed by atoms with van der Waals surface area (Å²) in [6.45, 7) is 5.16. The lowest BCUT2D eigenvalue weighted by Crippen LogP contribution is -2.30. The minimum atomic E-state index is -0.0471. The first-order valence-corrected chi connectivity index (χ1v) is 14.5. The van der Waals surface area contributed by atoms with Gasteiger partial charge < -0.3 is 26.0 Å². The standard InChI is InChI=1S/C32H36N6O3/c39-29-8-2-1-7-28(29)36-32-24-19-22(33-30(40)13-18-37-14-3-4-15-37)9-11-26(24)35-27-12-10-23(20-25(27)32)34-31(41)21-38-16-5-6-17-38/h1-2,7-12,19-20,39H,3-6,13-18,21H2,(H,33,40)(H,34,41)(H,35,36). The number of carbonyl (C=O) groups excluding carboxylic acids is 2. The molecule has 2 saturated heterocycles. The Labute approximate surface area is 239 Å². The first-order chi connectivity index (χ1) is 20.0. The number of likely N-dealkylation sites (tertiary alicyclic amines) is 2. The van der Waals surface area contributed by atoms with Gasteiger partial charge in [0.25, 0.3) is 0 Å². The average molecular weight is 553 g/mol. The van der Waals surface area contributed by atoms with E-state index in [1.165, 1.54) is 12.8 Å². The number of rotatable bonds is 9. The van der Waals surface area contributed by atoms with Gasteiger partial charge in [0.1, 0.15) is 5.75 Å². The van der Waals surface area contributed by atoms with E-state index in [4.69, 9.17) is 4.98 Å². The molecule has 0 radical (unpaired) electrons. The third-order valence-corrected chi connectivity index (χ3v) is 7.92. The summed E-state index contributed by atoms with van der Waals surface area (Å²) >= 11 is 0. The number of pyridine rings is 1. The van der Waals surface area contributed by atoms with Crippen LogP contribution in [0.5, 0.6) is 5.75 Å². The van der Waals surface area contributed by atoms with Crippen LogP contribution in [0.15, 0.2) is 60.7 Å². The van der Waals surface area contributed by atoms with Crippen molar-refractivity contribution in [3.05, 3.63) is 60.7 Å². The van der Waals surface area contributed by atoms with E-state index in [0.29, 0.717) is 30.0 Å². The van der Waals surface area contributed by atoms with Crippen molar-refractivity contribution in [2.75, 3.05) is 55.2 Å². The number of amides is 2. The summed E-state index contributed by atoms with van der Waals surface area (Å²) in [5.41, 5.74) is 4.13. The molecule has 9 heteroatoms. The van der Waals surface area contributed by atoms with Crippen molar-refractivity contribution in [1.29, 1.82) is 0 Å². The summed E-state index contributed by atoms with van der Waals surface area (Å²) in [6, 6.07) is 18.4. The lowest BCUT2D eigenvalue weighted by Gasteiger charge is -2.17. The molecule has 3 heterocycles. The molecule has 6 rings (SSSR count). The number of carbonyl (C=O) groups is 2. The SMILES string of the molecule is O=C(CCN1CCCC1)Nc1ccc2nc3ccc(NC(=O)CN4CCCC4)cc3c(Nc3ccccc3O)c2c1. The third-order valence-electron chi connectivity index (χ3n) is 7.92. The summed E-state index contributed by atoms with van der Waals surface area (Å²) < 4.78 is 0. The molecule has 2 aliphatic heterocycles. The number of nitrogens with one attached hydrogen (secondary N) is 3. The van der Waals surface area contributed by atoms with Gasteiger partial charge in [-0.3, -0.25) is 14.5 Å². The quantitative estimate of drug-likeness (QED) is 0.165. The first-order valence-electron chi connectivity index (χ1n) is 14.5. The van der Waals surface area contributed by atoms with Crippen LogP contribution in [0.1, 0.15) is 32.1 Å². The van der Waals surface area contributed by atoms with Gasteiger partial charge in [-0.15, -0.1) is 0 Å². The van der Waals surface area contributed by atoms with Crippen LogP contribution in [0.25, 0.3) is 21.8 Å². The van der Waals surface area contributed by atoms with Gasteiger partial charge in [-0.25, -0.2) is 4.98 Å². The Morgan fingerprint density at radius 2 is 1.34 bits per heavy atom. The molecule has 0 saturated carbocycles. The maximum absolute atomic E-state index is 12.8. The zero-order chi connectivity index (χ0) is 28.2. The number of phenols is 1.